The molecule has 2 aromatic rings. The minimum atomic E-state index is -3.17. The third-order valence-electron chi connectivity index (χ3n) is 4.12. The first-order chi connectivity index (χ1) is 13.9. The summed E-state index contributed by atoms with van der Waals surface area (Å²) in [5.74, 6) is -0.493. The molecule has 3 rings (SSSR count). The van der Waals surface area contributed by atoms with Gasteiger partial charge >= 0.3 is 13.2 Å². The summed E-state index contributed by atoms with van der Waals surface area (Å²) in [7, 11) is 0. The summed E-state index contributed by atoms with van der Waals surface area (Å²) in [4.78, 5) is 12.3. The first kappa shape index (κ1) is 20.5. The molecule has 0 aliphatic carbocycles. The second-order valence-electron chi connectivity index (χ2n) is 6.03. The van der Waals surface area contributed by atoms with Gasteiger partial charge in [-0.1, -0.05) is 18.2 Å². The van der Waals surface area contributed by atoms with Gasteiger partial charge in [0.25, 0.3) is 0 Å². The van der Waals surface area contributed by atoms with Crippen LogP contribution in [0.1, 0.15) is 23.6 Å². The summed E-state index contributed by atoms with van der Waals surface area (Å²) >= 11 is 0. The molecule has 29 heavy (non-hydrogen) atoms. The molecular weight excluding hydrogens is 394 g/mol. The van der Waals surface area contributed by atoms with Crippen molar-refractivity contribution < 1.29 is 36.6 Å². The molecule has 0 spiro atoms. The van der Waals surface area contributed by atoms with Gasteiger partial charge < -0.3 is 19.5 Å². The van der Waals surface area contributed by atoms with E-state index in [0.29, 0.717) is 18.8 Å². The van der Waals surface area contributed by atoms with E-state index in [1.807, 2.05) is 18.2 Å². The molecule has 1 atom stereocenters. The lowest BCUT2D eigenvalue weighted by Gasteiger charge is -2.26. The molecule has 0 radical (unpaired) electrons. The van der Waals surface area contributed by atoms with E-state index in [2.05, 4.69) is 14.8 Å². The number of para-hydroxylation sites is 1. The van der Waals surface area contributed by atoms with Gasteiger partial charge in [0, 0.05) is 29.7 Å². The third-order valence-corrected chi connectivity index (χ3v) is 4.12. The molecule has 1 heterocycles. The zero-order chi connectivity index (χ0) is 20.8. The molecule has 0 fully saturated rings. The van der Waals surface area contributed by atoms with Crippen LogP contribution >= 0.6 is 0 Å². The van der Waals surface area contributed by atoms with Crippen molar-refractivity contribution in [3.8, 4) is 17.2 Å². The van der Waals surface area contributed by atoms with Crippen LogP contribution < -0.4 is 19.5 Å². The monoisotopic (exact) mass is 411 g/mol. The molecular formula is C20H17F4NO4. The summed E-state index contributed by atoms with van der Waals surface area (Å²) < 4.78 is 63.9. The van der Waals surface area contributed by atoms with E-state index in [1.165, 1.54) is 12.1 Å². The molecule has 0 aromatic heterocycles. The lowest BCUT2D eigenvalue weighted by molar-refractivity contribution is -0.117. The second-order valence-corrected chi connectivity index (χ2v) is 6.03. The summed E-state index contributed by atoms with van der Waals surface area (Å²) in [6, 6.07) is 10.4. The molecule has 0 unspecified atom stereocenters. The van der Waals surface area contributed by atoms with Crippen molar-refractivity contribution in [2.24, 2.45) is 0 Å². The number of nitrogens with one attached hydrogen (secondary N) is 1. The number of hydrogen-bond acceptors (Lipinski definition) is 4. The van der Waals surface area contributed by atoms with E-state index in [0.717, 1.165) is 23.8 Å². The predicted molar refractivity (Wildman–Crippen MR) is 96.2 cm³/mol. The average molecular weight is 411 g/mol. The van der Waals surface area contributed by atoms with Crippen LogP contribution in [-0.2, 0) is 4.79 Å². The van der Waals surface area contributed by atoms with Crippen molar-refractivity contribution in [2.75, 3.05) is 6.61 Å². The number of halogens is 4. The number of benzene rings is 2. The van der Waals surface area contributed by atoms with Gasteiger partial charge in [-0.15, -0.1) is 0 Å². The topological polar surface area (TPSA) is 56.8 Å². The molecule has 0 saturated heterocycles. The first-order valence-electron chi connectivity index (χ1n) is 8.66. The quantitative estimate of drug-likeness (QED) is 0.537. The van der Waals surface area contributed by atoms with E-state index >= 15 is 0 Å². The van der Waals surface area contributed by atoms with Crippen molar-refractivity contribution >= 4 is 12.0 Å². The van der Waals surface area contributed by atoms with E-state index in [4.69, 9.17) is 4.74 Å². The molecule has 2 aromatic carbocycles. The SMILES string of the molecule is O=C(/C=C/c1ccc(OC(F)F)cc1OC(F)F)N[C@@H]1CCOc2ccccc21. The number of carbonyl (C=O) groups is 1. The third kappa shape index (κ3) is 5.63. The number of alkyl halides is 4. The molecule has 9 heteroatoms. The van der Waals surface area contributed by atoms with Crippen LogP contribution in [0, 0.1) is 0 Å². The Morgan fingerprint density at radius 2 is 1.86 bits per heavy atom. The fraction of sp³-hybridized carbons (Fsp3) is 0.250. The van der Waals surface area contributed by atoms with Crippen LogP contribution in [-0.4, -0.2) is 25.7 Å². The zero-order valence-electron chi connectivity index (χ0n) is 15.0. The molecule has 5 nitrogen and oxygen atoms in total. The van der Waals surface area contributed by atoms with Crippen molar-refractivity contribution in [2.45, 2.75) is 25.7 Å². The van der Waals surface area contributed by atoms with E-state index in [-0.39, 0.29) is 17.4 Å². The molecule has 1 aliphatic heterocycles. The summed E-state index contributed by atoms with van der Waals surface area (Å²) in [6.45, 7) is -5.83. The number of ether oxygens (including phenoxy) is 3. The van der Waals surface area contributed by atoms with Crippen LogP contribution in [0.15, 0.2) is 48.5 Å². The highest BCUT2D eigenvalue weighted by Gasteiger charge is 2.22. The normalized spacial score (nSPS) is 15.9. The zero-order valence-corrected chi connectivity index (χ0v) is 15.0. The second kappa shape index (κ2) is 9.31. The summed E-state index contributed by atoms with van der Waals surface area (Å²) in [6.07, 6.45) is 2.99. The number of amides is 1. The van der Waals surface area contributed by atoms with Gasteiger partial charge in [0.1, 0.15) is 17.2 Å². The maximum absolute atomic E-state index is 12.6. The minimum absolute atomic E-state index is 0.106. The van der Waals surface area contributed by atoms with E-state index in [9.17, 15) is 22.4 Å². The van der Waals surface area contributed by atoms with Crippen molar-refractivity contribution in [1.29, 1.82) is 0 Å². The van der Waals surface area contributed by atoms with Crippen LogP contribution in [0.25, 0.3) is 6.08 Å². The van der Waals surface area contributed by atoms with E-state index in [1.54, 1.807) is 6.07 Å². The Hall–Kier alpha value is -3.23. The van der Waals surface area contributed by atoms with Crippen molar-refractivity contribution in [1.82, 2.24) is 5.32 Å². The van der Waals surface area contributed by atoms with Gasteiger partial charge in [0.05, 0.1) is 12.6 Å². The number of hydrogen-bond donors (Lipinski definition) is 1. The molecule has 1 aliphatic rings. The van der Waals surface area contributed by atoms with Crippen molar-refractivity contribution in [3.63, 3.8) is 0 Å². The average Bonchev–Trinajstić information content (AvgIpc) is 2.67. The largest absolute Gasteiger partial charge is 0.493 e. The van der Waals surface area contributed by atoms with Gasteiger partial charge in [0.2, 0.25) is 5.91 Å². The summed E-state index contributed by atoms with van der Waals surface area (Å²) in [5, 5.41) is 2.82. The number of fused-ring (bicyclic) bond motifs is 1. The highest BCUT2D eigenvalue weighted by molar-refractivity contribution is 5.92. The number of rotatable bonds is 7. The maximum atomic E-state index is 12.6. The molecule has 1 N–H and O–H groups in total. The smallest absolute Gasteiger partial charge is 0.387 e. The van der Waals surface area contributed by atoms with Crippen molar-refractivity contribution in [3.05, 3.63) is 59.7 Å². The van der Waals surface area contributed by atoms with Gasteiger partial charge in [-0.2, -0.15) is 17.6 Å². The van der Waals surface area contributed by atoms with Crippen LogP contribution in [0.4, 0.5) is 17.6 Å². The number of carbonyl (C=O) groups excluding carboxylic acids is 1. The molecule has 0 bridgehead atoms. The fourth-order valence-electron chi connectivity index (χ4n) is 2.90. The van der Waals surface area contributed by atoms with Gasteiger partial charge in [-0.3, -0.25) is 4.79 Å². The lowest BCUT2D eigenvalue weighted by atomic mass is 10.0. The Morgan fingerprint density at radius 1 is 1.10 bits per heavy atom. The Labute approximate surface area is 163 Å². The van der Waals surface area contributed by atoms with E-state index < -0.39 is 24.9 Å². The molecule has 0 saturated carbocycles. The van der Waals surface area contributed by atoms with Crippen LogP contribution in [0.5, 0.6) is 17.2 Å². The van der Waals surface area contributed by atoms with Crippen LogP contribution in [0.2, 0.25) is 0 Å². The summed E-state index contributed by atoms with van der Waals surface area (Å²) in [5.41, 5.74) is 0.949. The Balaban J connectivity index is 1.72. The first-order valence-corrected chi connectivity index (χ1v) is 8.66. The lowest BCUT2D eigenvalue weighted by Crippen LogP contribution is -2.30. The van der Waals surface area contributed by atoms with Gasteiger partial charge in [0.15, 0.2) is 0 Å². The molecule has 154 valence electrons. The fourth-order valence-corrected chi connectivity index (χ4v) is 2.90. The van der Waals surface area contributed by atoms with Gasteiger partial charge in [-0.05, 0) is 24.3 Å². The highest BCUT2D eigenvalue weighted by atomic mass is 19.3. The molecule has 1 amide bonds. The maximum Gasteiger partial charge on any atom is 0.387 e. The Kier molecular flexibility index (Phi) is 6.58. The standard InChI is InChI=1S/C20H17F4NO4/c21-19(22)28-13-7-5-12(17(11-13)29-20(23)24)6-8-18(26)25-15-9-10-27-16-4-2-1-3-14(15)16/h1-8,11,15,19-20H,9-10H2,(H,25,26)/b8-6+/t15-/m1/s1. The van der Waals surface area contributed by atoms with Crippen LogP contribution in [0.3, 0.4) is 0 Å². The minimum Gasteiger partial charge on any atom is -0.493 e. The van der Waals surface area contributed by atoms with Gasteiger partial charge in [-0.25, -0.2) is 0 Å². The predicted octanol–water partition coefficient (Wildman–Crippen LogP) is 4.54. The Bertz CT molecular complexity index is 889. The Morgan fingerprint density at radius 3 is 2.62 bits per heavy atom. The highest BCUT2D eigenvalue weighted by Crippen LogP contribution is 2.32.